The van der Waals surface area contributed by atoms with Gasteiger partial charge in [0.05, 0.1) is 5.69 Å². The lowest BCUT2D eigenvalue weighted by Crippen LogP contribution is -2.36. The fourth-order valence-electron chi connectivity index (χ4n) is 2.68. The minimum Gasteiger partial charge on any atom is -0.396 e. The SMILES string of the molecule is NC(=S)c1ccc(N2CCCC(CCO)C2)c(F)c1F. The zero-order valence-corrected chi connectivity index (χ0v) is 11.9. The van der Waals surface area contributed by atoms with Crippen molar-refractivity contribution in [3.8, 4) is 0 Å². The maximum absolute atomic E-state index is 14.1. The monoisotopic (exact) mass is 300 g/mol. The van der Waals surface area contributed by atoms with Crippen LogP contribution in [0.2, 0.25) is 0 Å². The topological polar surface area (TPSA) is 49.5 Å². The number of thiocarbonyl (C=S) groups is 1. The largest absolute Gasteiger partial charge is 0.396 e. The van der Waals surface area contributed by atoms with Gasteiger partial charge in [0, 0.05) is 25.3 Å². The van der Waals surface area contributed by atoms with Crippen LogP contribution in [-0.2, 0) is 0 Å². The van der Waals surface area contributed by atoms with Crippen molar-refractivity contribution in [2.45, 2.75) is 19.3 Å². The number of rotatable bonds is 4. The molecule has 1 fully saturated rings. The molecule has 1 heterocycles. The molecular formula is C14H18F2N2OS. The van der Waals surface area contributed by atoms with Crippen molar-refractivity contribution in [3.63, 3.8) is 0 Å². The van der Waals surface area contributed by atoms with Gasteiger partial charge in [0.2, 0.25) is 0 Å². The molecule has 0 aliphatic carbocycles. The predicted molar refractivity (Wildman–Crippen MR) is 78.9 cm³/mol. The molecule has 1 saturated heterocycles. The average Bonchev–Trinajstić information content (AvgIpc) is 2.42. The summed E-state index contributed by atoms with van der Waals surface area (Å²) in [7, 11) is 0. The number of hydrogen-bond donors (Lipinski definition) is 2. The van der Waals surface area contributed by atoms with Crippen LogP contribution in [-0.4, -0.2) is 29.8 Å². The molecule has 1 unspecified atom stereocenters. The molecule has 1 aliphatic rings. The van der Waals surface area contributed by atoms with Crippen molar-refractivity contribution in [1.82, 2.24) is 0 Å². The van der Waals surface area contributed by atoms with Gasteiger partial charge in [-0.05, 0) is 37.3 Å². The van der Waals surface area contributed by atoms with Gasteiger partial charge in [0.25, 0.3) is 0 Å². The highest BCUT2D eigenvalue weighted by Gasteiger charge is 2.24. The van der Waals surface area contributed by atoms with Gasteiger partial charge in [-0.15, -0.1) is 0 Å². The van der Waals surface area contributed by atoms with Crippen LogP contribution in [0, 0.1) is 17.6 Å². The van der Waals surface area contributed by atoms with E-state index in [1.807, 2.05) is 4.90 Å². The summed E-state index contributed by atoms with van der Waals surface area (Å²) in [5, 5.41) is 8.99. The highest BCUT2D eigenvalue weighted by Crippen LogP contribution is 2.29. The molecule has 0 amide bonds. The number of benzene rings is 1. The number of nitrogens with zero attached hydrogens (tertiary/aromatic N) is 1. The Hall–Kier alpha value is -1.27. The van der Waals surface area contributed by atoms with Gasteiger partial charge in [0.1, 0.15) is 4.99 Å². The normalized spacial score (nSPS) is 19.1. The molecule has 0 radical (unpaired) electrons. The zero-order chi connectivity index (χ0) is 14.7. The third kappa shape index (κ3) is 3.07. The summed E-state index contributed by atoms with van der Waals surface area (Å²) in [5.74, 6) is -1.58. The van der Waals surface area contributed by atoms with E-state index in [0.717, 1.165) is 12.8 Å². The van der Waals surface area contributed by atoms with Crippen LogP contribution in [0.3, 0.4) is 0 Å². The first kappa shape index (κ1) is 15.1. The third-order valence-electron chi connectivity index (χ3n) is 3.72. The fraction of sp³-hybridized carbons (Fsp3) is 0.500. The first-order valence-corrected chi connectivity index (χ1v) is 7.09. The van der Waals surface area contributed by atoms with Gasteiger partial charge in [-0.2, -0.15) is 0 Å². The first-order chi connectivity index (χ1) is 9.54. The molecule has 1 aromatic carbocycles. The smallest absolute Gasteiger partial charge is 0.182 e. The second-order valence-electron chi connectivity index (χ2n) is 5.09. The summed E-state index contributed by atoms with van der Waals surface area (Å²) in [4.78, 5) is 1.68. The number of halogens is 2. The lowest BCUT2D eigenvalue weighted by Gasteiger charge is -2.34. The molecule has 1 aliphatic heterocycles. The number of nitrogens with two attached hydrogens (primary N) is 1. The van der Waals surface area contributed by atoms with Gasteiger partial charge in [0.15, 0.2) is 11.6 Å². The highest BCUT2D eigenvalue weighted by atomic mass is 32.1. The Morgan fingerprint density at radius 2 is 2.15 bits per heavy atom. The summed E-state index contributed by atoms with van der Waals surface area (Å²) in [6, 6.07) is 2.94. The van der Waals surface area contributed by atoms with Crippen LogP contribution in [0.15, 0.2) is 12.1 Å². The molecule has 1 atom stereocenters. The van der Waals surface area contributed by atoms with E-state index < -0.39 is 11.6 Å². The van der Waals surface area contributed by atoms with Gasteiger partial charge in [-0.1, -0.05) is 12.2 Å². The lowest BCUT2D eigenvalue weighted by molar-refractivity contribution is 0.244. The molecule has 3 N–H and O–H groups in total. The van der Waals surface area contributed by atoms with Crippen LogP contribution in [0.25, 0.3) is 0 Å². The van der Waals surface area contributed by atoms with E-state index in [0.29, 0.717) is 25.4 Å². The van der Waals surface area contributed by atoms with E-state index in [4.69, 9.17) is 23.1 Å². The molecule has 2 rings (SSSR count). The highest BCUT2D eigenvalue weighted by molar-refractivity contribution is 7.80. The van der Waals surface area contributed by atoms with E-state index in [2.05, 4.69) is 0 Å². The molecule has 0 spiro atoms. The van der Waals surface area contributed by atoms with E-state index in [-0.39, 0.29) is 22.8 Å². The van der Waals surface area contributed by atoms with Crippen molar-refractivity contribution in [2.75, 3.05) is 24.6 Å². The lowest BCUT2D eigenvalue weighted by atomic mass is 9.94. The van der Waals surface area contributed by atoms with Crippen molar-refractivity contribution >= 4 is 22.9 Å². The van der Waals surface area contributed by atoms with Gasteiger partial charge in [-0.3, -0.25) is 0 Å². The van der Waals surface area contributed by atoms with Crippen molar-refractivity contribution in [2.24, 2.45) is 11.7 Å². The summed E-state index contributed by atoms with van der Waals surface area (Å²) in [6.45, 7) is 1.43. The van der Waals surface area contributed by atoms with Crippen LogP contribution in [0.5, 0.6) is 0 Å². The quantitative estimate of drug-likeness (QED) is 0.837. The Kier molecular flexibility index (Phi) is 4.88. The first-order valence-electron chi connectivity index (χ1n) is 6.68. The molecule has 6 heteroatoms. The zero-order valence-electron chi connectivity index (χ0n) is 11.1. The molecule has 20 heavy (non-hydrogen) atoms. The average molecular weight is 300 g/mol. The van der Waals surface area contributed by atoms with Crippen molar-refractivity contribution in [1.29, 1.82) is 0 Å². The van der Waals surface area contributed by atoms with E-state index in [1.165, 1.54) is 12.1 Å². The Morgan fingerprint density at radius 3 is 2.80 bits per heavy atom. The summed E-state index contributed by atoms with van der Waals surface area (Å²) >= 11 is 4.69. The molecule has 0 bridgehead atoms. The second-order valence-corrected chi connectivity index (χ2v) is 5.53. The molecule has 1 aromatic rings. The van der Waals surface area contributed by atoms with E-state index >= 15 is 0 Å². The fourth-order valence-corrected chi connectivity index (χ4v) is 2.83. The maximum atomic E-state index is 14.1. The molecule has 0 saturated carbocycles. The number of aliphatic hydroxyl groups excluding tert-OH is 1. The Balaban J connectivity index is 2.24. The van der Waals surface area contributed by atoms with E-state index in [9.17, 15) is 8.78 Å². The Morgan fingerprint density at radius 1 is 1.40 bits per heavy atom. The van der Waals surface area contributed by atoms with Crippen molar-refractivity contribution < 1.29 is 13.9 Å². The van der Waals surface area contributed by atoms with Gasteiger partial charge >= 0.3 is 0 Å². The molecule has 3 nitrogen and oxygen atoms in total. The van der Waals surface area contributed by atoms with Crippen LogP contribution in [0.1, 0.15) is 24.8 Å². The predicted octanol–water partition coefficient (Wildman–Crippen LogP) is 2.20. The molecule has 0 aromatic heterocycles. The molecule has 110 valence electrons. The summed E-state index contributed by atoms with van der Waals surface area (Å²) < 4.78 is 28.0. The van der Waals surface area contributed by atoms with Crippen molar-refractivity contribution in [3.05, 3.63) is 29.3 Å². The van der Waals surface area contributed by atoms with Gasteiger partial charge < -0.3 is 15.7 Å². The number of hydrogen-bond acceptors (Lipinski definition) is 3. The minimum absolute atomic E-state index is 0.0647. The second kappa shape index (κ2) is 6.45. The summed E-state index contributed by atoms with van der Waals surface area (Å²) in [5.41, 5.74) is 5.53. The van der Waals surface area contributed by atoms with Gasteiger partial charge in [-0.25, -0.2) is 8.78 Å². The number of anilines is 1. The standard InChI is InChI=1S/C14H18F2N2OS/c15-12-10(14(17)20)3-4-11(13(12)16)18-6-1-2-9(8-18)5-7-19/h3-4,9,19H,1-2,5-8H2,(H2,17,20). The van der Waals surface area contributed by atoms with E-state index in [1.54, 1.807) is 0 Å². The number of aliphatic hydroxyl groups is 1. The third-order valence-corrected chi connectivity index (χ3v) is 3.94. The van der Waals surface area contributed by atoms with Crippen LogP contribution >= 0.6 is 12.2 Å². The maximum Gasteiger partial charge on any atom is 0.182 e. The summed E-state index contributed by atoms with van der Waals surface area (Å²) in [6.07, 6.45) is 2.60. The molecular weight excluding hydrogens is 282 g/mol. The number of piperidine rings is 1. The van der Waals surface area contributed by atoms with Crippen LogP contribution < -0.4 is 10.6 Å². The van der Waals surface area contributed by atoms with Crippen LogP contribution in [0.4, 0.5) is 14.5 Å². The Bertz CT molecular complexity index is 508. The Labute approximate surface area is 122 Å². The minimum atomic E-state index is -0.987.